The van der Waals surface area contributed by atoms with E-state index in [2.05, 4.69) is 24.0 Å². The molecule has 0 amide bonds. The van der Waals surface area contributed by atoms with Crippen molar-refractivity contribution in [2.45, 2.75) is 45.4 Å². The zero-order valence-corrected chi connectivity index (χ0v) is 13.4. The molecule has 2 nitrogen and oxygen atoms in total. The summed E-state index contributed by atoms with van der Waals surface area (Å²) in [7, 11) is 0. The van der Waals surface area contributed by atoms with Crippen molar-refractivity contribution in [1.29, 1.82) is 0 Å². The topological polar surface area (TPSA) is 25.8 Å². The zero-order valence-electron chi connectivity index (χ0n) is 12.6. The third kappa shape index (κ3) is 2.96. The van der Waals surface area contributed by atoms with Crippen molar-refractivity contribution >= 4 is 11.6 Å². The van der Waals surface area contributed by atoms with E-state index in [-0.39, 0.29) is 0 Å². The van der Waals surface area contributed by atoms with E-state index in [1.54, 1.807) is 0 Å². The van der Waals surface area contributed by atoms with Crippen LogP contribution in [0.3, 0.4) is 0 Å². The maximum Gasteiger partial charge on any atom is 0.136 e. The van der Waals surface area contributed by atoms with Crippen LogP contribution in [0.15, 0.2) is 30.3 Å². The first kappa shape index (κ1) is 14.5. The average Bonchev–Trinajstić information content (AvgIpc) is 3.00. The summed E-state index contributed by atoms with van der Waals surface area (Å²) >= 11 is 6.37. The lowest BCUT2D eigenvalue weighted by molar-refractivity contribution is 0.516. The Morgan fingerprint density at radius 1 is 1.14 bits per heavy atom. The lowest BCUT2D eigenvalue weighted by Crippen LogP contribution is -2.05. The van der Waals surface area contributed by atoms with Gasteiger partial charge in [-0.05, 0) is 32.1 Å². The highest BCUT2D eigenvalue weighted by Crippen LogP contribution is 2.39. The Balaban J connectivity index is 1.99. The zero-order chi connectivity index (χ0) is 14.8. The summed E-state index contributed by atoms with van der Waals surface area (Å²) in [5.74, 6) is 2.22. The maximum atomic E-state index is 6.37. The van der Waals surface area contributed by atoms with Gasteiger partial charge in [-0.1, -0.05) is 55.3 Å². The van der Waals surface area contributed by atoms with Crippen molar-refractivity contribution in [2.75, 3.05) is 0 Å². The van der Waals surface area contributed by atoms with Gasteiger partial charge in [0.25, 0.3) is 0 Å². The number of benzene rings is 1. The second-order valence-corrected chi connectivity index (χ2v) is 6.35. The molecule has 0 spiro atoms. The first-order valence-corrected chi connectivity index (χ1v) is 8.16. The van der Waals surface area contributed by atoms with Gasteiger partial charge in [-0.25, -0.2) is 9.97 Å². The predicted molar refractivity (Wildman–Crippen MR) is 87.6 cm³/mol. The molecule has 2 aromatic rings. The second kappa shape index (κ2) is 6.15. The van der Waals surface area contributed by atoms with E-state index >= 15 is 0 Å². The lowest BCUT2D eigenvalue weighted by Gasteiger charge is -2.13. The SMILES string of the molecule is CCC1CCC(c2nc(Cl)c(C)c(-c3ccccc3)n2)C1. The third-order valence-corrected chi connectivity index (χ3v) is 5.00. The summed E-state index contributed by atoms with van der Waals surface area (Å²) in [5, 5.41) is 0.596. The second-order valence-electron chi connectivity index (χ2n) is 6.00. The third-order valence-electron chi connectivity index (χ3n) is 4.63. The van der Waals surface area contributed by atoms with E-state index in [1.165, 1.54) is 25.7 Å². The minimum atomic E-state index is 0.468. The Morgan fingerprint density at radius 3 is 2.57 bits per heavy atom. The van der Waals surface area contributed by atoms with E-state index in [1.807, 2.05) is 25.1 Å². The van der Waals surface area contributed by atoms with Gasteiger partial charge < -0.3 is 0 Å². The molecule has 110 valence electrons. The van der Waals surface area contributed by atoms with Gasteiger partial charge in [-0.15, -0.1) is 0 Å². The van der Waals surface area contributed by atoms with Crippen molar-refractivity contribution in [3.63, 3.8) is 0 Å². The van der Waals surface area contributed by atoms with Crippen LogP contribution in [-0.4, -0.2) is 9.97 Å². The number of halogens is 1. The van der Waals surface area contributed by atoms with E-state index in [0.717, 1.165) is 28.6 Å². The molecule has 0 saturated heterocycles. The minimum Gasteiger partial charge on any atom is -0.232 e. The molecule has 1 heterocycles. The highest BCUT2D eigenvalue weighted by Gasteiger charge is 2.27. The molecule has 21 heavy (non-hydrogen) atoms. The van der Waals surface area contributed by atoms with Crippen molar-refractivity contribution in [3.8, 4) is 11.3 Å². The number of aromatic nitrogens is 2. The molecule has 0 aliphatic heterocycles. The van der Waals surface area contributed by atoms with Gasteiger partial charge in [0.05, 0.1) is 5.69 Å². The first-order chi connectivity index (χ1) is 10.2. The van der Waals surface area contributed by atoms with Gasteiger partial charge in [0.15, 0.2) is 0 Å². The van der Waals surface area contributed by atoms with Crippen LogP contribution >= 0.6 is 11.6 Å². The Hall–Kier alpha value is -1.41. The molecule has 1 aliphatic rings. The van der Waals surface area contributed by atoms with E-state index in [0.29, 0.717) is 11.1 Å². The maximum absolute atomic E-state index is 6.37. The van der Waals surface area contributed by atoms with Gasteiger partial charge in [0, 0.05) is 17.0 Å². The Labute approximate surface area is 131 Å². The highest BCUT2D eigenvalue weighted by atomic mass is 35.5. The van der Waals surface area contributed by atoms with Crippen LogP contribution in [0.5, 0.6) is 0 Å². The summed E-state index contributed by atoms with van der Waals surface area (Å²) in [5.41, 5.74) is 3.06. The fourth-order valence-electron chi connectivity index (χ4n) is 3.25. The number of rotatable bonds is 3. The van der Waals surface area contributed by atoms with E-state index in [9.17, 15) is 0 Å². The van der Waals surface area contributed by atoms with Crippen molar-refractivity contribution in [1.82, 2.24) is 9.97 Å². The van der Waals surface area contributed by atoms with Gasteiger partial charge in [0.1, 0.15) is 11.0 Å². The molecule has 0 N–H and O–H groups in total. The number of nitrogens with zero attached hydrogens (tertiary/aromatic N) is 2. The minimum absolute atomic E-state index is 0.468. The molecule has 1 saturated carbocycles. The van der Waals surface area contributed by atoms with Gasteiger partial charge in [-0.2, -0.15) is 0 Å². The quantitative estimate of drug-likeness (QED) is 0.709. The largest absolute Gasteiger partial charge is 0.232 e. The summed E-state index contributed by atoms with van der Waals surface area (Å²) < 4.78 is 0. The fraction of sp³-hybridized carbons (Fsp3) is 0.444. The molecule has 1 fully saturated rings. The van der Waals surface area contributed by atoms with Gasteiger partial charge in [-0.3, -0.25) is 0 Å². The summed E-state index contributed by atoms with van der Waals surface area (Å²) in [6.07, 6.45) is 4.93. The summed E-state index contributed by atoms with van der Waals surface area (Å²) in [4.78, 5) is 9.42. The predicted octanol–water partition coefficient (Wildman–Crippen LogP) is 5.40. The van der Waals surface area contributed by atoms with Crippen LogP contribution in [0.2, 0.25) is 5.15 Å². The molecule has 1 aliphatic carbocycles. The molecule has 1 aromatic carbocycles. The lowest BCUT2D eigenvalue weighted by atomic mass is 10.0. The van der Waals surface area contributed by atoms with Crippen LogP contribution in [0.1, 0.15) is 49.9 Å². The molecule has 3 rings (SSSR count). The van der Waals surface area contributed by atoms with E-state index in [4.69, 9.17) is 16.6 Å². The average molecular weight is 301 g/mol. The van der Waals surface area contributed by atoms with Crippen LogP contribution in [0.25, 0.3) is 11.3 Å². The van der Waals surface area contributed by atoms with E-state index < -0.39 is 0 Å². The fourth-order valence-corrected chi connectivity index (χ4v) is 3.42. The van der Waals surface area contributed by atoms with Crippen LogP contribution < -0.4 is 0 Å². The summed E-state index contributed by atoms with van der Waals surface area (Å²) in [6.45, 7) is 4.27. The highest BCUT2D eigenvalue weighted by molar-refractivity contribution is 6.30. The molecular weight excluding hydrogens is 280 g/mol. The first-order valence-electron chi connectivity index (χ1n) is 7.78. The van der Waals surface area contributed by atoms with Crippen molar-refractivity contribution in [3.05, 3.63) is 46.9 Å². The number of hydrogen-bond acceptors (Lipinski definition) is 2. The molecular formula is C18H21ClN2. The normalized spacial score (nSPS) is 21.7. The molecule has 1 aromatic heterocycles. The Bertz CT molecular complexity index is 625. The van der Waals surface area contributed by atoms with Crippen LogP contribution in [0, 0.1) is 12.8 Å². The van der Waals surface area contributed by atoms with Crippen LogP contribution in [0.4, 0.5) is 0 Å². The van der Waals surface area contributed by atoms with Crippen molar-refractivity contribution in [2.24, 2.45) is 5.92 Å². The van der Waals surface area contributed by atoms with Gasteiger partial charge in [0.2, 0.25) is 0 Å². The molecule has 0 bridgehead atoms. The van der Waals surface area contributed by atoms with Gasteiger partial charge >= 0.3 is 0 Å². The Morgan fingerprint density at radius 2 is 1.90 bits per heavy atom. The Kier molecular flexibility index (Phi) is 4.25. The molecule has 2 atom stereocenters. The van der Waals surface area contributed by atoms with Crippen molar-refractivity contribution < 1.29 is 0 Å². The molecule has 2 unspecified atom stereocenters. The standard InChI is InChI=1S/C18H21ClN2/c1-3-13-9-10-15(11-13)18-20-16(12(2)17(19)21-18)14-7-5-4-6-8-14/h4-8,13,15H,3,9-11H2,1-2H3. The smallest absolute Gasteiger partial charge is 0.136 e. The van der Waals surface area contributed by atoms with Crippen LogP contribution in [-0.2, 0) is 0 Å². The monoisotopic (exact) mass is 300 g/mol. The summed E-state index contributed by atoms with van der Waals surface area (Å²) in [6, 6.07) is 10.3. The molecule has 0 radical (unpaired) electrons. The molecule has 3 heteroatoms. The number of hydrogen-bond donors (Lipinski definition) is 0.